The Hall–Kier alpha value is -2.63. The van der Waals surface area contributed by atoms with E-state index in [0.29, 0.717) is 11.5 Å². The Morgan fingerprint density at radius 1 is 1.07 bits per heavy atom. The molecular weight excluding hydrogens is 396 g/mol. The Labute approximate surface area is 184 Å². The van der Waals surface area contributed by atoms with Crippen LogP contribution in [-0.2, 0) is 0 Å². The normalized spacial score (nSPS) is 14.2. The summed E-state index contributed by atoms with van der Waals surface area (Å²) < 4.78 is 1.96. The first-order valence-corrected chi connectivity index (χ1v) is 10.3. The van der Waals surface area contributed by atoms with Crippen LogP contribution in [-0.4, -0.2) is 28.8 Å². The van der Waals surface area contributed by atoms with Crippen molar-refractivity contribution in [1.29, 1.82) is 0 Å². The molecule has 0 bridgehead atoms. The van der Waals surface area contributed by atoms with Gasteiger partial charge in [0.2, 0.25) is 0 Å². The largest absolute Gasteiger partial charge is 0.322 e. The molecule has 0 saturated carbocycles. The highest BCUT2D eigenvalue weighted by Crippen LogP contribution is 2.31. The Balaban J connectivity index is 0.00000256. The van der Waals surface area contributed by atoms with Gasteiger partial charge >= 0.3 is 0 Å². The molecule has 3 aromatic rings. The van der Waals surface area contributed by atoms with Crippen molar-refractivity contribution >= 4 is 24.0 Å². The van der Waals surface area contributed by atoms with E-state index in [1.165, 1.54) is 11.1 Å². The minimum atomic E-state index is -0.0966. The molecule has 0 unspecified atom stereocenters. The van der Waals surface area contributed by atoms with Crippen molar-refractivity contribution in [3.05, 3.63) is 76.6 Å². The number of nitrogens with one attached hydrogen (secondary N) is 2. The van der Waals surface area contributed by atoms with Crippen molar-refractivity contribution < 1.29 is 4.79 Å². The number of aromatic nitrogens is 2. The fourth-order valence-electron chi connectivity index (χ4n) is 4.00. The van der Waals surface area contributed by atoms with Gasteiger partial charge in [-0.05, 0) is 87.7 Å². The number of hydrogen-bond acceptors (Lipinski definition) is 3. The van der Waals surface area contributed by atoms with E-state index in [4.69, 9.17) is 0 Å². The van der Waals surface area contributed by atoms with Gasteiger partial charge in [-0.15, -0.1) is 12.4 Å². The lowest BCUT2D eigenvalue weighted by Gasteiger charge is -2.25. The molecule has 2 N–H and O–H groups in total. The van der Waals surface area contributed by atoms with Gasteiger partial charge in [-0.2, -0.15) is 5.10 Å². The van der Waals surface area contributed by atoms with Crippen molar-refractivity contribution in [2.24, 2.45) is 0 Å². The van der Waals surface area contributed by atoms with E-state index in [1.807, 2.05) is 28.9 Å². The Morgan fingerprint density at radius 3 is 2.53 bits per heavy atom. The Bertz CT molecular complexity index is 1040. The fraction of sp³-hybridized carbons (Fsp3) is 0.333. The molecule has 1 aliphatic heterocycles. The van der Waals surface area contributed by atoms with Gasteiger partial charge in [0.1, 0.15) is 0 Å². The highest BCUT2D eigenvalue weighted by molar-refractivity contribution is 6.05. The van der Waals surface area contributed by atoms with Gasteiger partial charge < -0.3 is 10.6 Å². The number of nitrogens with zero attached hydrogens (tertiary/aromatic N) is 2. The molecular formula is C24H29ClN4O. The van der Waals surface area contributed by atoms with Crippen molar-refractivity contribution in [2.75, 3.05) is 18.4 Å². The van der Waals surface area contributed by atoms with Gasteiger partial charge in [-0.3, -0.25) is 4.79 Å². The number of carbonyl (C=O) groups excluding carboxylic acids is 1. The van der Waals surface area contributed by atoms with Crippen LogP contribution in [0.2, 0.25) is 0 Å². The number of piperidine rings is 1. The summed E-state index contributed by atoms with van der Waals surface area (Å²) >= 11 is 0. The van der Waals surface area contributed by atoms with Gasteiger partial charge in [-0.1, -0.05) is 18.2 Å². The maximum Gasteiger partial charge on any atom is 0.259 e. The second-order valence-corrected chi connectivity index (χ2v) is 7.97. The van der Waals surface area contributed by atoms with Crippen LogP contribution in [0.1, 0.15) is 51.5 Å². The van der Waals surface area contributed by atoms with Gasteiger partial charge in [0, 0.05) is 11.6 Å². The maximum absolute atomic E-state index is 13.2. The average Bonchev–Trinajstić information content (AvgIpc) is 3.17. The monoisotopic (exact) mass is 424 g/mol. The van der Waals surface area contributed by atoms with E-state index in [9.17, 15) is 4.79 Å². The van der Waals surface area contributed by atoms with E-state index < -0.39 is 0 Å². The summed E-state index contributed by atoms with van der Waals surface area (Å²) in [6.07, 6.45) is 3.72. The summed E-state index contributed by atoms with van der Waals surface area (Å²) in [5.74, 6) is 0.209. The second-order valence-electron chi connectivity index (χ2n) is 7.97. The molecule has 0 radical (unpaired) electrons. The van der Waals surface area contributed by atoms with E-state index in [2.05, 4.69) is 54.7 Å². The zero-order valence-corrected chi connectivity index (χ0v) is 18.6. The molecule has 1 aromatic heterocycles. The number of halogens is 1. The van der Waals surface area contributed by atoms with Crippen LogP contribution in [0.4, 0.5) is 5.69 Å². The minimum absolute atomic E-state index is 0. The first kappa shape index (κ1) is 22.1. The van der Waals surface area contributed by atoms with Crippen LogP contribution in [0, 0.1) is 20.8 Å². The second kappa shape index (κ2) is 9.45. The molecule has 1 saturated heterocycles. The first-order valence-electron chi connectivity index (χ1n) is 10.3. The number of hydrogen-bond donors (Lipinski definition) is 2. The molecule has 1 fully saturated rings. The Kier molecular flexibility index (Phi) is 6.95. The van der Waals surface area contributed by atoms with E-state index >= 15 is 0 Å². The van der Waals surface area contributed by atoms with Crippen molar-refractivity contribution in [3.8, 4) is 5.69 Å². The number of benzene rings is 2. The van der Waals surface area contributed by atoms with Crippen LogP contribution in [0.3, 0.4) is 0 Å². The third-order valence-corrected chi connectivity index (χ3v) is 5.79. The minimum Gasteiger partial charge on any atom is -0.322 e. The van der Waals surface area contributed by atoms with Crippen molar-refractivity contribution in [3.63, 3.8) is 0 Å². The molecule has 4 rings (SSSR count). The third-order valence-electron chi connectivity index (χ3n) is 5.79. The van der Waals surface area contributed by atoms with Gasteiger partial charge in [0.05, 0.1) is 23.1 Å². The lowest BCUT2D eigenvalue weighted by molar-refractivity contribution is 0.102. The van der Waals surface area contributed by atoms with E-state index in [1.54, 1.807) is 6.20 Å². The number of carbonyl (C=O) groups is 1. The van der Waals surface area contributed by atoms with Gasteiger partial charge in [0.25, 0.3) is 5.91 Å². The number of aryl methyl sites for hydroxylation is 3. The smallest absolute Gasteiger partial charge is 0.259 e. The van der Waals surface area contributed by atoms with Crippen molar-refractivity contribution in [1.82, 2.24) is 15.1 Å². The molecule has 2 heterocycles. The summed E-state index contributed by atoms with van der Waals surface area (Å²) in [6.45, 7) is 8.12. The topological polar surface area (TPSA) is 59.0 Å². The fourth-order valence-corrected chi connectivity index (χ4v) is 4.00. The van der Waals surface area contributed by atoms with E-state index in [-0.39, 0.29) is 18.3 Å². The zero-order valence-electron chi connectivity index (χ0n) is 17.7. The standard InChI is InChI=1S/C24H28N4O.ClH/c1-16-5-4-6-21(13-16)28-23(19-9-11-25-12-10-19)22(15-26-28)24(29)27-20-8-7-17(2)18(3)14-20;/h4-8,13-15,19,25H,9-12H2,1-3H3,(H,27,29);1H. The average molecular weight is 425 g/mol. The van der Waals surface area contributed by atoms with Gasteiger partial charge in [-0.25, -0.2) is 4.68 Å². The number of rotatable bonds is 4. The quantitative estimate of drug-likeness (QED) is 0.623. The summed E-state index contributed by atoms with van der Waals surface area (Å²) in [4.78, 5) is 13.2. The van der Waals surface area contributed by atoms with Gasteiger partial charge in [0.15, 0.2) is 0 Å². The predicted octanol–water partition coefficient (Wildman–Crippen LogP) is 4.94. The molecule has 1 aliphatic rings. The molecule has 0 aliphatic carbocycles. The summed E-state index contributed by atoms with van der Waals surface area (Å²) in [6, 6.07) is 14.3. The first-order chi connectivity index (χ1) is 14.0. The molecule has 5 nitrogen and oxygen atoms in total. The van der Waals surface area contributed by atoms with Crippen LogP contribution in [0.15, 0.2) is 48.7 Å². The van der Waals surface area contributed by atoms with Crippen LogP contribution in [0.25, 0.3) is 5.69 Å². The van der Waals surface area contributed by atoms with Crippen LogP contribution >= 0.6 is 12.4 Å². The summed E-state index contributed by atoms with van der Waals surface area (Å²) in [5, 5.41) is 11.1. The molecule has 30 heavy (non-hydrogen) atoms. The predicted molar refractivity (Wildman–Crippen MR) is 124 cm³/mol. The number of anilines is 1. The Morgan fingerprint density at radius 2 is 1.83 bits per heavy atom. The maximum atomic E-state index is 13.2. The van der Waals surface area contributed by atoms with Crippen molar-refractivity contribution in [2.45, 2.75) is 39.5 Å². The molecule has 0 atom stereocenters. The molecule has 0 spiro atoms. The highest BCUT2D eigenvalue weighted by Gasteiger charge is 2.27. The number of amides is 1. The SMILES string of the molecule is Cc1cccc(-n2ncc(C(=O)Nc3ccc(C)c(C)c3)c2C2CCNCC2)c1.Cl. The van der Waals surface area contributed by atoms with Crippen LogP contribution < -0.4 is 10.6 Å². The highest BCUT2D eigenvalue weighted by atomic mass is 35.5. The zero-order chi connectivity index (χ0) is 20.4. The molecule has 6 heteroatoms. The molecule has 1 amide bonds. The summed E-state index contributed by atoms with van der Waals surface area (Å²) in [7, 11) is 0. The molecule has 2 aromatic carbocycles. The lowest BCUT2D eigenvalue weighted by atomic mass is 9.91. The lowest BCUT2D eigenvalue weighted by Crippen LogP contribution is -2.29. The molecule has 158 valence electrons. The summed E-state index contributed by atoms with van der Waals surface area (Å²) in [5.41, 5.74) is 7.05. The van der Waals surface area contributed by atoms with E-state index in [0.717, 1.165) is 48.6 Å². The third kappa shape index (κ3) is 4.58. The van der Waals surface area contributed by atoms with Crippen LogP contribution in [0.5, 0.6) is 0 Å².